The van der Waals surface area contributed by atoms with Gasteiger partial charge in [0.1, 0.15) is 11.5 Å². The molecule has 0 fully saturated rings. The van der Waals surface area contributed by atoms with E-state index in [0.717, 1.165) is 23.3 Å². The first kappa shape index (κ1) is 21.4. The van der Waals surface area contributed by atoms with Gasteiger partial charge >= 0.3 is 5.97 Å². The van der Waals surface area contributed by atoms with Crippen LogP contribution < -0.4 is 9.47 Å². The first-order valence-corrected chi connectivity index (χ1v) is 9.91. The summed E-state index contributed by atoms with van der Waals surface area (Å²) in [6.07, 6.45) is 0.174. The lowest BCUT2D eigenvalue weighted by molar-refractivity contribution is -0.148. The second-order valence-electron chi connectivity index (χ2n) is 6.85. The van der Waals surface area contributed by atoms with E-state index in [-0.39, 0.29) is 0 Å². The summed E-state index contributed by atoms with van der Waals surface area (Å²) in [7, 11) is 1.40. The quantitative estimate of drug-likeness (QED) is 0.462. The molecule has 1 N–H and O–H groups in total. The summed E-state index contributed by atoms with van der Waals surface area (Å²) in [4.78, 5) is 11.1. The highest BCUT2D eigenvalue weighted by molar-refractivity contribution is 5.72. The molecule has 0 amide bonds. The van der Waals surface area contributed by atoms with Crippen LogP contribution in [0.4, 0.5) is 0 Å². The van der Waals surface area contributed by atoms with Gasteiger partial charge in [-0.25, -0.2) is 4.79 Å². The zero-order chi connectivity index (χ0) is 21.2. The van der Waals surface area contributed by atoms with E-state index in [0.29, 0.717) is 25.4 Å². The van der Waals surface area contributed by atoms with Gasteiger partial charge in [-0.05, 0) is 41.0 Å². The molecule has 0 aliphatic carbocycles. The number of carbonyl (C=O) groups is 1. The van der Waals surface area contributed by atoms with Crippen LogP contribution in [0.25, 0.3) is 11.1 Å². The molecule has 5 heteroatoms. The van der Waals surface area contributed by atoms with E-state index in [1.165, 1.54) is 12.7 Å². The number of hydrogen-bond acceptors (Lipinski definition) is 4. The Morgan fingerprint density at radius 3 is 2.17 bits per heavy atom. The fourth-order valence-corrected chi connectivity index (χ4v) is 3.06. The summed E-state index contributed by atoms with van der Waals surface area (Å²) >= 11 is 0. The number of aliphatic carboxylic acids is 1. The Morgan fingerprint density at radius 1 is 0.833 bits per heavy atom. The molecule has 1 atom stereocenters. The third-order valence-electron chi connectivity index (χ3n) is 4.67. The minimum Gasteiger partial charge on any atom is -0.493 e. The fourth-order valence-electron chi connectivity index (χ4n) is 3.06. The minimum atomic E-state index is -0.974. The number of hydrogen-bond donors (Lipinski definition) is 1. The number of carboxylic acid groups (broad SMARTS) is 1. The van der Waals surface area contributed by atoms with Crippen molar-refractivity contribution in [2.45, 2.75) is 18.9 Å². The molecule has 0 heterocycles. The molecule has 0 radical (unpaired) electrons. The Labute approximate surface area is 176 Å². The maximum absolute atomic E-state index is 11.1. The van der Waals surface area contributed by atoms with Gasteiger partial charge in [-0.1, -0.05) is 54.6 Å². The highest BCUT2D eigenvalue weighted by Crippen LogP contribution is 2.22. The summed E-state index contributed by atoms with van der Waals surface area (Å²) in [5.74, 6) is 0.564. The highest BCUT2D eigenvalue weighted by Gasteiger charge is 2.16. The average molecular weight is 406 g/mol. The molecular weight excluding hydrogens is 380 g/mol. The average Bonchev–Trinajstić information content (AvgIpc) is 2.78. The number of ether oxygens (including phenoxy) is 3. The lowest BCUT2D eigenvalue weighted by atomic mass is 10.1. The maximum Gasteiger partial charge on any atom is 0.333 e. The predicted octanol–water partition coefficient (Wildman–Crippen LogP) is 4.84. The summed E-state index contributed by atoms with van der Waals surface area (Å²) < 4.78 is 16.5. The predicted molar refractivity (Wildman–Crippen MR) is 116 cm³/mol. The topological polar surface area (TPSA) is 65.0 Å². The molecule has 5 nitrogen and oxygen atoms in total. The Bertz CT molecular complexity index is 922. The molecule has 0 aromatic heterocycles. The van der Waals surface area contributed by atoms with Crippen molar-refractivity contribution in [1.82, 2.24) is 0 Å². The van der Waals surface area contributed by atoms with Crippen LogP contribution in [-0.2, 0) is 16.0 Å². The van der Waals surface area contributed by atoms with Gasteiger partial charge in [0.15, 0.2) is 6.10 Å². The molecule has 156 valence electrons. The number of carboxylic acids is 1. The van der Waals surface area contributed by atoms with Crippen LogP contribution in [0.3, 0.4) is 0 Å². The first-order valence-electron chi connectivity index (χ1n) is 9.91. The second-order valence-corrected chi connectivity index (χ2v) is 6.85. The molecule has 0 unspecified atom stereocenters. The van der Waals surface area contributed by atoms with Crippen molar-refractivity contribution in [3.05, 3.63) is 84.4 Å². The summed E-state index contributed by atoms with van der Waals surface area (Å²) in [5.41, 5.74) is 3.20. The van der Waals surface area contributed by atoms with Gasteiger partial charge in [0, 0.05) is 20.0 Å². The largest absolute Gasteiger partial charge is 0.493 e. The number of methoxy groups -OCH3 is 1. The molecule has 3 aromatic carbocycles. The van der Waals surface area contributed by atoms with Crippen LogP contribution in [0.1, 0.15) is 12.0 Å². The van der Waals surface area contributed by atoms with E-state index in [1.807, 2.05) is 54.6 Å². The summed E-state index contributed by atoms with van der Waals surface area (Å²) in [5, 5.41) is 9.10. The van der Waals surface area contributed by atoms with Crippen molar-refractivity contribution in [3.8, 4) is 22.6 Å². The van der Waals surface area contributed by atoms with Gasteiger partial charge in [-0.3, -0.25) is 0 Å². The minimum absolute atomic E-state index is 0.297. The Kier molecular flexibility index (Phi) is 7.86. The lowest BCUT2D eigenvalue weighted by Crippen LogP contribution is -2.24. The SMILES string of the molecule is CO[C@@H](Cc1cccc(OCCCOc2ccc(-c3ccccc3)cc2)c1)C(=O)O. The lowest BCUT2D eigenvalue weighted by Gasteiger charge is -2.12. The van der Waals surface area contributed by atoms with Crippen LogP contribution in [0.2, 0.25) is 0 Å². The number of rotatable bonds is 11. The zero-order valence-electron chi connectivity index (χ0n) is 17.0. The van der Waals surface area contributed by atoms with Gasteiger partial charge in [0.05, 0.1) is 13.2 Å². The van der Waals surface area contributed by atoms with E-state index >= 15 is 0 Å². The normalized spacial score (nSPS) is 11.6. The Balaban J connectivity index is 1.41. The maximum atomic E-state index is 11.1. The van der Waals surface area contributed by atoms with Crippen molar-refractivity contribution >= 4 is 5.97 Å². The van der Waals surface area contributed by atoms with Crippen molar-refractivity contribution in [2.24, 2.45) is 0 Å². The molecule has 0 saturated heterocycles. The van der Waals surface area contributed by atoms with E-state index in [2.05, 4.69) is 24.3 Å². The van der Waals surface area contributed by atoms with Crippen molar-refractivity contribution in [3.63, 3.8) is 0 Å². The highest BCUT2D eigenvalue weighted by atomic mass is 16.5. The van der Waals surface area contributed by atoms with E-state index in [4.69, 9.17) is 19.3 Å². The van der Waals surface area contributed by atoms with Crippen LogP contribution in [-0.4, -0.2) is 37.5 Å². The zero-order valence-corrected chi connectivity index (χ0v) is 17.0. The van der Waals surface area contributed by atoms with E-state index in [9.17, 15) is 4.79 Å². The Morgan fingerprint density at radius 2 is 1.50 bits per heavy atom. The Hall–Kier alpha value is -3.31. The molecule has 3 aromatic rings. The van der Waals surface area contributed by atoms with Gasteiger partial charge < -0.3 is 19.3 Å². The summed E-state index contributed by atoms with van der Waals surface area (Å²) in [6, 6.07) is 25.7. The van der Waals surface area contributed by atoms with Gasteiger partial charge in [-0.15, -0.1) is 0 Å². The fraction of sp³-hybridized carbons (Fsp3) is 0.240. The van der Waals surface area contributed by atoms with Crippen molar-refractivity contribution < 1.29 is 24.1 Å². The van der Waals surface area contributed by atoms with Crippen LogP contribution >= 0.6 is 0 Å². The van der Waals surface area contributed by atoms with E-state index in [1.54, 1.807) is 0 Å². The molecule has 3 rings (SSSR count). The molecule has 0 aliphatic heterocycles. The van der Waals surface area contributed by atoms with E-state index < -0.39 is 12.1 Å². The smallest absolute Gasteiger partial charge is 0.333 e. The monoisotopic (exact) mass is 406 g/mol. The van der Waals surface area contributed by atoms with Crippen LogP contribution in [0.15, 0.2) is 78.9 Å². The second kappa shape index (κ2) is 11.0. The molecule has 0 saturated carbocycles. The van der Waals surface area contributed by atoms with Gasteiger partial charge in [-0.2, -0.15) is 0 Å². The number of benzene rings is 3. The first-order chi connectivity index (χ1) is 14.7. The van der Waals surface area contributed by atoms with Gasteiger partial charge in [0.25, 0.3) is 0 Å². The van der Waals surface area contributed by atoms with Crippen LogP contribution in [0, 0.1) is 0 Å². The summed E-state index contributed by atoms with van der Waals surface area (Å²) in [6.45, 7) is 1.06. The molecule has 0 spiro atoms. The molecule has 0 bridgehead atoms. The van der Waals surface area contributed by atoms with Gasteiger partial charge in [0.2, 0.25) is 0 Å². The third-order valence-corrected chi connectivity index (χ3v) is 4.67. The molecule has 30 heavy (non-hydrogen) atoms. The van der Waals surface area contributed by atoms with Crippen molar-refractivity contribution in [2.75, 3.05) is 20.3 Å². The molecule has 0 aliphatic rings. The van der Waals surface area contributed by atoms with Crippen molar-refractivity contribution in [1.29, 1.82) is 0 Å². The van der Waals surface area contributed by atoms with Crippen LogP contribution in [0.5, 0.6) is 11.5 Å². The standard InChI is InChI=1S/C25H26O5/c1-28-24(25(26)27)18-19-7-5-10-23(17-19)30-16-6-15-29-22-13-11-21(12-14-22)20-8-3-2-4-9-20/h2-5,7-14,17,24H,6,15-16,18H2,1H3,(H,26,27)/t24-/m0/s1. The molecular formula is C25H26O5. The third kappa shape index (κ3) is 6.36.